The molecule has 4 saturated carbocycles. The normalized spacial score (nSPS) is 52.1. The average Bonchev–Trinajstić information content (AvgIpc) is 2.78. The molecule has 0 aliphatic heterocycles. The first-order valence-corrected chi connectivity index (χ1v) is 10.2. The van der Waals surface area contributed by atoms with Crippen LogP contribution in [0.2, 0.25) is 0 Å². The Morgan fingerprint density at radius 3 is 2.56 bits per heavy atom. The van der Waals surface area contributed by atoms with Crippen molar-refractivity contribution in [2.45, 2.75) is 84.3 Å². The minimum Gasteiger partial charge on any atom is -0.463 e. The molecular formula is C21H32O4. The summed E-state index contributed by atoms with van der Waals surface area (Å²) in [7, 11) is 0. The second kappa shape index (κ2) is 5.80. The Morgan fingerprint density at radius 2 is 1.84 bits per heavy atom. The van der Waals surface area contributed by atoms with E-state index >= 15 is 0 Å². The van der Waals surface area contributed by atoms with Gasteiger partial charge in [-0.15, -0.1) is 0 Å². The number of carbonyl (C=O) groups is 2. The molecule has 0 saturated heterocycles. The molecule has 140 valence electrons. The van der Waals surface area contributed by atoms with E-state index in [9.17, 15) is 14.7 Å². The van der Waals surface area contributed by atoms with Gasteiger partial charge in [0.25, 0.3) is 0 Å². The number of rotatable bonds is 1. The summed E-state index contributed by atoms with van der Waals surface area (Å²) in [5.74, 6) is 2.15. The zero-order valence-corrected chi connectivity index (χ0v) is 15.8. The first-order valence-electron chi connectivity index (χ1n) is 10.2. The molecule has 0 aromatic carbocycles. The van der Waals surface area contributed by atoms with Gasteiger partial charge in [-0.25, -0.2) is 0 Å². The highest BCUT2D eigenvalue weighted by atomic mass is 16.5. The minimum absolute atomic E-state index is 0.0934. The van der Waals surface area contributed by atoms with Crippen LogP contribution in [0.1, 0.15) is 72.1 Å². The second-order valence-electron chi connectivity index (χ2n) is 9.73. The van der Waals surface area contributed by atoms with Gasteiger partial charge in [-0.1, -0.05) is 13.8 Å². The summed E-state index contributed by atoms with van der Waals surface area (Å²) in [4.78, 5) is 23.9. The van der Waals surface area contributed by atoms with Gasteiger partial charge in [0.1, 0.15) is 12.2 Å². The van der Waals surface area contributed by atoms with Gasteiger partial charge in [-0.3, -0.25) is 9.59 Å². The number of aliphatic hydroxyl groups excluding tert-OH is 1. The Hall–Kier alpha value is -0.900. The molecule has 8 atom stereocenters. The molecule has 0 aromatic heterocycles. The van der Waals surface area contributed by atoms with E-state index in [1.807, 2.05) is 0 Å². The molecule has 1 N–H and O–H groups in total. The van der Waals surface area contributed by atoms with Gasteiger partial charge in [0.15, 0.2) is 5.78 Å². The van der Waals surface area contributed by atoms with Crippen LogP contribution in [-0.4, -0.2) is 29.1 Å². The third-order valence-electron chi connectivity index (χ3n) is 8.68. The SMILES string of the molecule is CC(=O)O[C@H]1CC[C@@]2(C)[C@@H](CC[C@@H]3[C@H]2CC[C@@]2(C)C(=O)[C@H](O)C[C@@H]32)C1. The molecule has 0 unspecified atom stereocenters. The maximum atomic E-state index is 12.5. The highest BCUT2D eigenvalue weighted by molar-refractivity contribution is 5.91. The maximum Gasteiger partial charge on any atom is 0.302 e. The van der Waals surface area contributed by atoms with Gasteiger partial charge in [0.05, 0.1) is 0 Å². The number of hydrogen-bond acceptors (Lipinski definition) is 4. The van der Waals surface area contributed by atoms with Crippen LogP contribution in [0, 0.1) is 34.5 Å². The number of esters is 1. The zero-order valence-electron chi connectivity index (χ0n) is 15.8. The third-order valence-corrected chi connectivity index (χ3v) is 8.68. The standard InChI is InChI=1S/C21H32O4/c1-12(22)25-14-6-8-20(2)13(10-14)4-5-15-16(20)7-9-21(3)17(15)11-18(23)19(21)24/h13-18,23H,4-11H2,1-3H3/t13-,14-,15+,16+,17-,18+,20-,21+/m0/s1. The molecule has 4 aliphatic rings. The number of aliphatic hydroxyl groups is 1. The number of ketones is 1. The predicted molar refractivity (Wildman–Crippen MR) is 93.7 cm³/mol. The lowest BCUT2D eigenvalue weighted by atomic mass is 9.45. The van der Waals surface area contributed by atoms with E-state index < -0.39 is 6.10 Å². The van der Waals surface area contributed by atoms with Crippen LogP contribution in [0.5, 0.6) is 0 Å². The topological polar surface area (TPSA) is 63.6 Å². The summed E-state index contributed by atoms with van der Waals surface area (Å²) in [6.45, 7) is 6.07. The van der Waals surface area contributed by atoms with Gasteiger partial charge < -0.3 is 9.84 Å². The number of ether oxygens (including phenoxy) is 1. The third kappa shape index (κ3) is 2.50. The van der Waals surface area contributed by atoms with E-state index in [1.54, 1.807) is 0 Å². The van der Waals surface area contributed by atoms with Crippen molar-refractivity contribution in [1.82, 2.24) is 0 Å². The summed E-state index contributed by atoms with van der Waals surface area (Å²) in [6, 6.07) is 0. The van der Waals surface area contributed by atoms with Crippen molar-refractivity contribution < 1.29 is 19.4 Å². The van der Waals surface area contributed by atoms with E-state index in [0.717, 1.165) is 38.5 Å². The Labute approximate surface area is 150 Å². The molecule has 4 rings (SSSR count). The zero-order chi connectivity index (χ0) is 18.0. The molecule has 25 heavy (non-hydrogen) atoms. The second-order valence-corrected chi connectivity index (χ2v) is 9.73. The fraction of sp³-hybridized carbons (Fsp3) is 0.905. The summed E-state index contributed by atoms with van der Waals surface area (Å²) < 4.78 is 5.52. The number of Topliss-reactive ketones (excluding diaryl/α,β-unsaturated/α-hetero) is 1. The molecule has 0 bridgehead atoms. The van der Waals surface area contributed by atoms with E-state index in [4.69, 9.17) is 4.74 Å². The van der Waals surface area contributed by atoms with Crippen molar-refractivity contribution in [3.8, 4) is 0 Å². The van der Waals surface area contributed by atoms with Crippen LogP contribution >= 0.6 is 0 Å². The Bertz CT molecular complexity index is 586. The van der Waals surface area contributed by atoms with E-state index in [-0.39, 0.29) is 23.3 Å². The number of hydrogen-bond donors (Lipinski definition) is 1. The van der Waals surface area contributed by atoms with Gasteiger partial charge in [0, 0.05) is 12.3 Å². The first-order chi connectivity index (χ1) is 11.8. The average molecular weight is 348 g/mol. The van der Waals surface area contributed by atoms with Crippen molar-refractivity contribution in [1.29, 1.82) is 0 Å². The summed E-state index contributed by atoms with van der Waals surface area (Å²) in [5.41, 5.74) is 0.0101. The largest absolute Gasteiger partial charge is 0.463 e. The lowest BCUT2D eigenvalue weighted by Gasteiger charge is -2.60. The highest BCUT2D eigenvalue weighted by Crippen LogP contribution is 2.65. The Kier molecular flexibility index (Phi) is 4.06. The molecule has 0 heterocycles. The summed E-state index contributed by atoms with van der Waals surface area (Å²) in [6.07, 6.45) is 7.51. The molecule has 0 spiro atoms. The molecule has 0 aromatic rings. The molecule has 4 nitrogen and oxygen atoms in total. The number of fused-ring (bicyclic) bond motifs is 5. The van der Waals surface area contributed by atoms with Crippen LogP contribution in [0.4, 0.5) is 0 Å². The summed E-state index contributed by atoms with van der Waals surface area (Å²) >= 11 is 0. The maximum absolute atomic E-state index is 12.5. The molecular weight excluding hydrogens is 316 g/mol. The number of carbonyl (C=O) groups excluding carboxylic acids is 2. The predicted octanol–water partition coefficient (Wildman–Crippen LogP) is 3.50. The molecule has 0 amide bonds. The van der Waals surface area contributed by atoms with Crippen molar-refractivity contribution in [3.05, 3.63) is 0 Å². The Balaban J connectivity index is 1.55. The first kappa shape index (κ1) is 17.5. The van der Waals surface area contributed by atoms with E-state index in [0.29, 0.717) is 35.5 Å². The monoisotopic (exact) mass is 348 g/mol. The van der Waals surface area contributed by atoms with E-state index in [2.05, 4.69) is 13.8 Å². The van der Waals surface area contributed by atoms with Crippen molar-refractivity contribution in [2.75, 3.05) is 0 Å². The highest BCUT2D eigenvalue weighted by Gasteiger charge is 2.62. The minimum atomic E-state index is -0.737. The van der Waals surface area contributed by atoms with Gasteiger partial charge in [-0.05, 0) is 80.5 Å². The lowest BCUT2D eigenvalue weighted by Crippen LogP contribution is -2.54. The van der Waals surface area contributed by atoms with Crippen LogP contribution < -0.4 is 0 Å². The quantitative estimate of drug-likeness (QED) is 0.737. The molecule has 4 aliphatic carbocycles. The Morgan fingerprint density at radius 1 is 1.08 bits per heavy atom. The lowest BCUT2D eigenvalue weighted by molar-refractivity contribution is -0.160. The van der Waals surface area contributed by atoms with Gasteiger partial charge in [-0.2, -0.15) is 0 Å². The van der Waals surface area contributed by atoms with Crippen molar-refractivity contribution in [2.24, 2.45) is 34.5 Å². The van der Waals surface area contributed by atoms with Crippen molar-refractivity contribution in [3.63, 3.8) is 0 Å². The van der Waals surface area contributed by atoms with Crippen LogP contribution in [0.3, 0.4) is 0 Å². The summed E-state index contributed by atoms with van der Waals surface area (Å²) in [5, 5.41) is 10.2. The fourth-order valence-corrected chi connectivity index (χ4v) is 7.35. The van der Waals surface area contributed by atoms with Crippen LogP contribution in [0.15, 0.2) is 0 Å². The van der Waals surface area contributed by atoms with Gasteiger partial charge in [0.2, 0.25) is 0 Å². The molecule has 4 heteroatoms. The van der Waals surface area contributed by atoms with Crippen molar-refractivity contribution >= 4 is 11.8 Å². The smallest absolute Gasteiger partial charge is 0.302 e. The van der Waals surface area contributed by atoms with E-state index in [1.165, 1.54) is 13.3 Å². The molecule has 0 radical (unpaired) electrons. The van der Waals surface area contributed by atoms with Crippen LogP contribution in [0.25, 0.3) is 0 Å². The molecule has 4 fully saturated rings. The van der Waals surface area contributed by atoms with Crippen LogP contribution in [-0.2, 0) is 14.3 Å². The fourth-order valence-electron chi connectivity index (χ4n) is 7.35. The van der Waals surface area contributed by atoms with Gasteiger partial charge >= 0.3 is 5.97 Å².